The summed E-state index contributed by atoms with van der Waals surface area (Å²) >= 11 is 5.98. The number of carbonyl (C=O) groups excluding carboxylic acids is 1. The first-order chi connectivity index (χ1) is 11.7. The highest BCUT2D eigenvalue weighted by molar-refractivity contribution is 6.30. The summed E-state index contributed by atoms with van der Waals surface area (Å²) in [6.45, 7) is 2.87. The molecule has 1 saturated heterocycles. The first kappa shape index (κ1) is 15.5. The normalized spacial score (nSPS) is 20.0. The lowest BCUT2D eigenvalue weighted by atomic mass is 10.1. The first-order valence-electron chi connectivity index (χ1n) is 8.19. The highest BCUT2D eigenvalue weighted by Gasteiger charge is 2.31. The predicted octanol–water partition coefficient (Wildman–Crippen LogP) is 2.00. The Bertz CT molecular complexity index is 761. The molecular formula is C17H19ClN4O2. The highest BCUT2D eigenvalue weighted by atomic mass is 35.5. The van der Waals surface area contributed by atoms with Gasteiger partial charge < -0.3 is 15.0 Å². The number of nitrogens with zero attached hydrogens (tertiary/aromatic N) is 2. The van der Waals surface area contributed by atoms with Crippen molar-refractivity contribution in [2.24, 2.45) is 0 Å². The molecule has 2 aliphatic rings. The Morgan fingerprint density at radius 3 is 3.21 bits per heavy atom. The number of likely N-dealkylation sites (tertiary alicyclic amines) is 1. The van der Waals surface area contributed by atoms with E-state index in [0.29, 0.717) is 30.4 Å². The maximum atomic E-state index is 12.8. The fourth-order valence-electron chi connectivity index (χ4n) is 3.29. The highest BCUT2D eigenvalue weighted by Crippen LogP contribution is 2.24. The van der Waals surface area contributed by atoms with Crippen LogP contribution in [0.25, 0.3) is 0 Å². The molecule has 0 aliphatic carbocycles. The summed E-state index contributed by atoms with van der Waals surface area (Å²) in [5.74, 6) is 0.719. The van der Waals surface area contributed by atoms with Crippen LogP contribution in [0.2, 0.25) is 5.02 Å². The van der Waals surface area contributed by atoms with E-state index in [1.165, 1.54) is 0 Å². The standard InChI is InChI=1S/C17H19ClN4O2/c18-11-2-1-3-12(8-11)24-13-5-7-22(10-13)17(23)16-14-9-19-6-4-15(14)20-21-16/h1-3,8,13,19H,4-7,9-10H2,(H,20,21). The Morgan fingerprint density at radius 2 is 2.33 bits per heavy atom. The van der Waals surface area contributed by atoms with Crippen molar-refractivity contribution < 1.29 is 9.53 Å². The van der Waals surface area contributed by atoms with Crippen molar-refractivity contribution in [3.05, 3.63) is 46.2 Å². The van der Waals surface area contributed by atoms with E-state index >= 15 is 0 Å². The maximum Gasteiger partial charge on any atom is 0.274 e. The lowest BCUT2D eigenvalue weighted by molar-refractivity contribution is 0.0765. The van der Waals surface area contributed by atoms with Gasteiger partial charge in [0.2, 0.25) is 0 Å². The third kappa shape index (κ3) is 2.99. The number of rotatable bonds is 3. The summed E-state index contributed by atoms with van der Waals surface area (Å²) in [4.78, 5) is 14.6. The van der Waals surface area contributed by atoms with Gasteiger partial charge in [-0.25, -0.2) is 0 Å². The third-order valence-corrected chi connectivity index (χ3v) is 4.78. The van der Waals surface area contributed by atoms with Crippen molar-refractivity contribution in [1.29, 1.82) is 0 Å². The van der Waals surface area contributed by atoms with Gasteiger partial charge >= 0.3 is 0 Å². The lowest BCUT2D eigenvalue weighted by Crippen LogP contribution is -2.33. The minimum absolute atomic E-state index is 0.0136. The summed E-state index contributed by atoms with van der Waals surface area (Å²) < 4.78 is 5.95. The second kappa shape index (κ2) is 6.45. The zero-order chi connectivity index (χ0) is 16.5. The molecule has 4 rings (SSSR count). The molecule has 1 atom stereocenters. The SMILES string of the molecule is O=C(c1n[nH]c2c1CNCC2)N1CCC(Oc2cccc(Cl)c2)C1. The van der Waals surface area contributed by atoms with Gasteiger partial charge in [-0.15, -0.1) is 0 Å². The van der Waals surface area contributed by atoms with E-state index in [1.807, 2.05) is 23.1 Å². The van der Waals surface area contributed by atoms with Crippen LogP contribution >= 0.6 is 11.6 Å². The van der Waals surface area contributed by atoms with Crippen molar-refractivity contribution in [3.8, 4) is 5.75 Å². The minimum Gasteiger partial charge on any atom is -0.488 e. The molecule has 2 aliphatic heterocycles. The van der Waals surface area contributed by atoms with Crippen molar-refractivity contribution >= 4 is 17.5 Å². The second-order valence-corrected chi connectivity index (χ2v) is 6.63. The molecule has 1 amide bonds. The molecule has 0 spiro atoms. The number of amides is 1. The molecule has 1 unspecified atom stereocenters. The lowest BCUT2D eigenvalue weighted by Gasteiger charge is -2.18. The first-order valence-corrected chi connectivity index (χ1v) is 8.57. The Hall–Kier alpha value is -2.05. The van der Waals surface area contributed by atoms with Crippen molar-refractivity contribution in [1.82, 2.24) is 20.4 Å². The molecular weight excluding hydrogens is 328 g/mol. The minimum atomic E-state index is -0.0200. The summed E-state index contributed by atoms with van der Waals surface area (Å²) in [7, 11) is 0. The Labute approximate surface area is 145 Å². The van der Waals surface area contributed by atoms with E-state index in [4.69, 9.17) is 16.3 Å². The number of ether oxygens (including phenoxy) is 1. The van der Waals surface area contributed by atoms with E-state index in [9.17, 15) is 4.79 Å². The van der Waals surface area contributed by atoms with Crippen molar-refractivity contribution in [3.63, 3.8) is 0 Å². The van der Waals surface area contributed by atoms with Crippen molar-refractivity contribution in [2.45, 2.75) is 25.5 Å². The van der Waals surface area contributed by atoms with Gasteiger partial charge in [-0.2, -0.15) is 5.10 Å². The van der Waals surface area contributed by atoms with Crippen LogP contribution in [0.3, 0.4) is 0 Å². The third-order valence-electron chi connectivity index (χ3n) is 4.54. The average molecular weight is 347 g/mol. The smallest absolute Gasteiger partial charge is 0.274 e. The molecule has 6 nitrogen and oxygen atoms in total. The van der Waals surface area contributed by atoms with Gasteiger partial charge in [-0.1, -0.05) is 17.7 Å². The topological polar surface area (TPSA) is 70.2 Å². The molecule has 0 radical (unpaired) electrons. The molecule has 1 fully saturated rings. The van der Waals surface area contributed by atoms with Crippen LogP contribution in [0, 0.1) is 0 Å². The molecule has 1 aromatic carbocycles. The molecule has 2 N–H and O–H groups in total. The Balaban J connectivity index is 1.43. The molecule has 7 heteroatoms. The predicted molar refractivity (Wildman–Crippen MR) is 90.4 cm³/mol. The van der Waals surface area contributed by atoms with Gasteiger partial charge in [-0.05, 0) is 18.2 Å². The molecule has 0 bridgehead atoms. The van der Waals surface area contributed by atoms with E-state index in [0.717, 1.165) is 36.4 Å². The summed E-state index contributed by atoms with van der Waals surface area (Å²) in [6, 6.07) is 7.35. The number of fused-ring (bicyclic) bond motifs is 1. The molecule has 1 aromatic heterocycles. The van der Waals surface area contributed by atoms with Crippen LogP contribution in [-0.4, -0.2) is 46.7 Å². The molecule has 0 saturated carbocycles. The monoisotopic (exact) mass is 346 g/mol. The maximum absolute atomic E-state index is 12.8. The van der Waals surface area contributed by atoms with E-state index in [2.05, 4.69) is 15.5 Å². The van der Waals surface area contributed by atoms with Crippen LogP contribution in [-0.2, 0) is 13.0 Å². The number of aromatic amines is 1. The fraction of sp³-hybridized carbons (Fsp3) is 0.412. The van der Waals surface area contributed by atoms with Gasteiger partial charge in [0.25, 0.3) is 5.91 Å². The van der Waals surface area contributed by atoms with Crippen LogP contribution < -0.4 is 10.1 Å². The van der Waals surface area contributed by atoms with Crippen LogP contribution in [0.1, 0.15) is 28.2 Å². The molecule has 24 heavy (non-hydrogen) atoms. The summed E-state index contributed by atoms with van der Waals surface area (Å²) in [5, 5.41) is 11.2. The van der Waals surface area contributed by atoms with Crippen LogP contribution in [0.15, 0.2) is 24.3 Å². The van der Waals surface area contributed by atoms with Crippen LogP contribution in [0.5, 0.6) is 5.75 Å². The van der Waals surface area contributed by atoms with E-state index in [-0.39, 0.29) is 12.0 Å². The Kier molecular flexibility index (Phi) is 4.16. The summed E-state index contributed by atoms with van der Waals surface area (Å²) in [5.41, 5.74) is 2.62. The van der Waals surface area contributed by atoms with Gasteiger partial charge in [0.05, 0.1) is 6.54 Å². The number of halogens is 1. The zero-order valence-electron chi connectivity index (χ0n) is 13.2. The van der Waals surface area contributed by atoms with Crippen molar-refractivity contribution in [2.75, 3.05) is 19.6 Å². The molecule has 126 valence electrons. The number of hydrogen-bond acceptors (Lipinski definition) is 4. The Morgan fingerprint density at radius 1 is 1.42 bits per heavy atom. The quantitative estimate of drug-likeness (QED) is 0.892. The molecule has 3 heterocycles. The van der Waals surface area contributed by atoms with Gasteiger partial charge in [0.1, 0.15) is 11.9 Å². The largest absolute Gasteiger partial charge is 0.488 e. The summed E-state index contributed by atoms with van der Waals surface area (Å²) in [6.07, 6.45) is 1.68. The van der Waals surface area contributed by atoms with Gasteiger partial charge in [0.15, 0.2) is 5.69 Å². The average Bonchev–Trinajstić information content (AvgIpc) is 3.21. The number of H-pyrrole nitrogens is 1. The van der Waals surface area contributed by atoms with Gasteiger partial charge in [0, 0.05) is 48.8 Å². The van der Waals surface area contributed by atoms with E-state index < -0.39 is 0 Å². The number of benzene rings is 1. The second-order valence-electron chi connectivity index (χ2n) is 6.19. The number of hydrogen-bond donors (Lipinski definition) is 2. The number of aromatic nitrogens is 2. The van der Waals surface area contributed by atoms with Gasteiger partial charge in [-0.3, -0.25) is 9.89 Å². The number of carbonyl (C=O) groups is 1. The van der Waals surface area contributed by atoms with E-state index in [1.54, 1.807) is 6.07 Å². The number of nitrogens with one attached hydrogen (secondary N) is 2. The molecule has 2 aromatic rings. The zero-order valence-corrected chi connectivity index (χ0v) is 14.0. The van der Waals surface area contributed by atoms with Crippen LogP contribution in [0.4, 0.5) is 0 Å². The fourth-order valence-corrected chi connectivity index (χ4v) is 3.47.